The van der Waals surface area contributed by atoms with E-state index in [2.05, 4.69) is 20.8 Å². The minimum Gasteiger partial charge on any atom is -0.462 e. The average Bonchev–Trinajstić information content (AvgIpc) is 2.88. The molecule has 0 aromatic heterocycles. The molecule has 4 rings (SSSR count). The van der Waals surface area contributed by atoms with Crippen LogP contribution in [0.4, 0.5) is 0 Å². The smallest absolute Gasteiger partial charge is 0.302 e. The summed E-state index contributed by atoms with van der Waals surface area (Å²) in [5.41, 5.74) is 0.492. The molecule has 0 spiro atoms. The van der Waals surface area contributed by atoms with Crippen molar-refractivity contribution in [2.75, 3.05) is 0 Å². The Kier molecular flexibility index (Phi) is 4.26. The van der Waals surface area contributed by atoms with Crippen molar-refractivity contribution in [1.82, 2.24) is 0 Å². The van der Waals surface area contributed by atoms with Crippen LogP contribution in [0.2, 0.25) is 0 Å². The zero-order valence-electron chi connectivity index (χ0n) is 16.5. The zero-order valence-corrected chi connectivity index (χ0v) is 16.5. The zero-order chi connectivity index (χ0) is 18.0. The molecule has 4 fully saturated rings. The van der Waals surface area contributed by atoms with Crippen LogP contribution in [0, 0.1) is 40.4 Å². The van der Waals surface area contributed by atoms with Gasteiger partial charge in [-0.15, -0.1) is 0 Å². The van der Waals surface area contributed by atoms with Crippen molar-refractivity contribution in [2.45, 2.75) is 91.3 Å². The number of rotatable bonds is 1. The van der Waals surface area contributed by atoms with Gasteiger partial charge in [-0.25, -0.2) is 0 Å². The van der Waals surface area contributed by atoms with Crippen molar-refractivity contribution in [3.63, 3.8) is 0 Å². The molecule has 3 heteroatoms. The summed E-state index contributed by atoms with van der Waals surface area (Å²) in [5.74, 6) is 3.05. The normalized spacial score (nSPS) is 55.0. The summed E-state index contributed by atoms with van der Waals surface area (Å²) in [7, 11) is 0. The fourth-order valence-electron chi connectivity index (χ4n) is 7.87. The molecule has 25 heavy (non-hydrogen) atoms. The van der Waals surface area contributed by atoms with Gasteiger partial charge in [0, 0.05) is 12.3 Å². The first-order valence-corrected chi connectivity index (χ1v) is 10.6. The van der Waals surface area contributed by atoms with E-state index >= 15 is 0 Å². The number of aliphatic hydroxyl groups excluding tert-OH is 1. The topological polar surface area (TPSA) is 46.5 Å². The second kappa shape index (κ2) is 5.97. The van der Waals surface area contributed by atoms with E-state index in [1.54, 1.807) is 6.92 Å². The van der Waals surface area contributed by atoms with E-state index in [1.165, 1.54) is 44.9 Å². The van der Waals surface area contributed by atoms with Gasteiger partial charge in [-0.3, -0.25) is 4.79 Å². The number of aliphatic hydroxyl groups is 1. The summed E-state index contributed by atoms with van der Waals surface area (Å²) in [6.07, 6.45) is 9.63. The van der Waals surface area contributed by atoms with Crippen LogP contribution in [0.15, 0.2) is 0 Å². The third-order valence-electron chi connectivity index (χ3n) is 9.30. The second-order valence-electron chi connectivity index (χ2n) is 10.3. The van der Waals surface area contributed by atoms with Gasteiger partial charge < -0.3 is 9.84 Å². The van der Waals surface area contributed by atoms with Gasteiger partial charge in [0.05, 0.1) is 6.10 Å². The molecule has 4 aliphatic rings. The van der Waals surface area contributed by atoms with E-state index in [0.717, 1.165) is 18.3 Å². The Morgan fingerprint density at radius 2 is 1.56 bits per heavy atom. The van der Waals surface area contributed by atoms with E-state index in [4.69, 9.17) is 4.74 Å². The van der Waals surface area contributed by atoms with Crippen LogP contribution in [0.3, 0.4) is 0 Å². The highest BCUT2D eigenvalue weighted by atomic mass is 16.5. The highest BCUT2D eigenvalue weighted by Crippen LogP contribution is 2.66. The number of esters is 1. The molecule has 0 aromatic carbocycles. The monoisotopic (exact) mass is 348 g/mol. The van der Waals surface area contributed by atoms with Gasteiger partial charge in [-0.05, 0) is 86.4 Å². The van der Waals surface area contributed by atoms with Crippen LogP contribution in [0.1, 0.15) is 79.1 Å². The van der Waals surface area contributed by atoms with Crippen molar-refractivity contribution in [1.29, 1.82) is 0 Å². The van der Waals surface area contributed by atoms with Crippen molar-refractivity contribution in [3.8, 4) is 0 Å². The molecule has 0 radical (unpaired) electrons. The van der Waals surface area contributed by atoms with Crippen LogP contribution in [-0.2, 0) is 9.53 Å². The Labute approximate surface area is 152 Å². The number of ether oxygens (including phenoxy) is 1. The molecule has 9 atom stereocenters. The number of fused-ring (bicyclic) bond motifs is 5. The Bertz CT molecular complexity index is 545. The molecule has 0 aliphatic heterocycles. The second-order valence-corrected chi connectivity index (χ2v) is 10.3. The van der Waals surface area contributed by atoms with Crippen molar-refractivity contribution < 1.29 is 14.6 Å². The fraction of sp³-hybridized carbons (Fsp3) is 0.955. The third kappa shape index (κ3) is 2.51. The summed E-state index contributed by atoms with van der Waals surface area (Å²) in [5, 5.41) is 10.9. The Balaban J connectivity index is 1.59. The molecular formula is C22H36O3. The van der Waals surface area contributed by atoms with Gasteiger partial charge in [0.25, 0.3) is 0 Å². The molecule has 4 aliphatic carbocycles. The van der Waals surface area contributed by atoms with Gasteiger partial charge >= 0.3 is 5.97 Å². The maximum Gasteiger partial charge on any atom is 0.302 e. The van der Waals surface area contributed by atoms with Crippen LogP contribution >= 0.6 is 0 Å². The van der Waals surface area contributed by atoms with Gasteiger partial charge in [0.15, 0.2) is 0 Å². The minimum atomic E-state index is -0.117. The van der Waals surface area contributed by atoms with Gasteiger partial charge in [-0.2, -0.15) is 0 Å². The van der Waals surface area contributed by atoms with E-state index < -0.39 is 0 Å². The van der Waals surface area contributed by atoms with Crippen LogP contribution in [0.25, 0.3) is 0 Å². The highest BCUT2D eigenvalue weighted by Gasteiger charge is 2.62. The lowest BCUT2D eigenvalue weighted by molar-refractivity contribution is -0.172. The lowest BCUT2D eigenvalue weighted by Crippen LogP contribution is -2.57. The molecule has 0 amide bonds. The summed E-state index contributed by atoms with van der Waals surface area (Å²) in [6, 6.07) is 0. The molecule has 0 bridgehead atoms. The number of hydrogen-bond donors (Lipinski definition) is 1. The number of hydrogen-bond acceptors (Lipinski definition) is 3. The van der Waals surface area contributed by atoms with Gasteiger partial charge in [0.2, 0.25) is 0 Å². The SMILES string of the molecule is CC(=O)O[C@H]1CC[C@H]2[C@@H]3CC[C@@H]4[C@@H](O)[C@H](C)CC[C@]4(C)[C@H]3CC[C@]12C. The third-order valence-corrected chi connectivity index (χ3v) is 9.30. The van der Waals surface area contributed by atoms with Gasteiger partial charge in [-0.1, -0.05) is 20.8 Å². The Morgan fingerprint density at radius 1 is 0.920 bits per heavy atom. The van der Waals surface area contributed by atoms with Crippen molar-refractivity contribution in [2.24, 2.45) is 40.4 Å². The molecule has 4 saturated carbocycles. The summed E-state index contributed by atoms with van der Waals surface area (Å²) in [6.45, 7) is 8.67. The van der Waals surface area contributed by atoms with Gasteiger partial charge in [0.1, 0.15) is 6.10 Å². The molecule has 0 saturated heterocycles. The molecule has 0 heterocycles. The standard InChI is InChI=1S/C22H36O3/c1-13-9-11-21(3)17-10-12-22(4)16(7-8-19(22)25-14(2)23)15(17)5-6-18(21)20(13)24/h13,15-20,24H,5-12H2,1-4H3/t13-,15+,16+,17+,18-,19+,20+,21-,22+/m1/s1. The van der Waals surface area contributed by atoms with E-state index in [0.29, 0.717) is 23.2 Å². The van der Waals surface area contributed by atoms with E-state index in [-0.39, 0.29) is 23.6 Å². The molecular weight excluding hydrogens is 312 g/mol. The van der Waals surface area contributed by atoms with Crippen LogP contribution in [0.5, 0.6) is 0 Å². The minimum absolute atomic E-state index is 0.106. The summed E-state index contributed by atoms with van der Waals surface area (Å²) < 4.78 is 5.75. The predicted octanol–water partition coefficient (Wildman–Crippen LogP) is 4.57. The summed E-state index contributed by atoms with van der Waals surface area (Å²) >= 11 is 0. The molecule has 142 valence electrons. The maximum absolute atomic E-state index is 11.6. The quantitative estimate of drug-likeness (QED) is 0.706. The first-order valence-electron chi connectivity index (χ1n) is 10.6. The molecule has 1 N–H and O–H groups in total. The first kappa shape index (κ1) is 17.8. The molecule has 3 nitrogen and oxygen atoms in total. The molecule has 0 aromatic rings. The van der Waals surface area contributed by atoms with E-state index in [1.807, 2.05) is 0 Å². The lowest BCUT2D eigenvalue weighted by Gasteiger charge is -2.61. The van der Waals surface area contributed by atoms with E-state index in [9.17, 15) is 9.90 Å². The number of carbonyl (C=O) groups excluding carboxylic acids is 1. The lowest BCUT2D eigenvalue weighted by atomic mass is 9.44. The summed E-state index contributed by atoms with van der Waals surface area (Å²) in [4.78, 5) is 11.6. The number of carbonyl (C=O) groups is 1. The van der Waals surface area contributed by atoms with Crippen LogP contribution in [-0.4, -0.2) is 23.3 Å². The fourth-order valence-corrected chi connectivity index (χ4v) is 7.87. The first-order chi connectivity index (χ1) is 11.8. The largest absolute Gasteiger partial charge is 0.462 e. The maximum atomic E-state index is 11.6. The average molecular weight is 349 g/mol. The highest BCUT2D eigenvalue weighted by molar-refractivity contribution is 5.66. The Hall–Kier alpha value is -0.570. The van der Waals surface area contributed by atoms with Crippen LogP contribution < -0.4 is 0 Å². The Morgan fingerprint density at radius 3 is 2.28 bits per heavy atom. The van der Waals surface area contributed by atoms with Crippen molar-refractivity contribution >= 4 is 5.97 Å². The molecule has 0 unspecified atom stereocenters. The predicted molar refractivity (Wildman–Crippen MR) is 97.8 cm³/mol. The van der Waals surface area contributed by atoms with Crippen molar-refractivity contribution in [3.05, 3.63) is 0 Å².